The van der Waals surface area contributed by atoms with Gasteiger partial charge in [0.1, 0.15) is 18.6 Å². The summed E-state index contributed by atoms with van der Waals surface area (Å²) >= 11 is 11.8. The van der Waals surface area contributed by atoms with Gasteiger partial charge in [-0.15, -0.1) is 0 Å². The number of rotatable bonds is 4. The molecule has 0 unspecified atom stereocenters. The van der Waals surface area contributed by atoms with Crippen molar-refractivity contribution in [2.24, 2.45) is 0 Å². The van der Waals surface area contributed by atoms with E-state index in [1.165, 1.54) is 25.1 Å². The van der Waals surface area contributed by atoms with E-state index in [9.17, 15) is 27.6 Å². The maximum absolute atomic E-state index is 12.6. The molecule has 1 aliphatic heterocycles. The van der Waals surface area contributed by atoms with E-state index in [0.29, 0.717) is 9.92 Å². The fourth-order valence-electron chi connectivity index (χ4n) is 2.32. The van der Waals surface area contributed by atoms with Crippen molar-refractivity contribution in [1.29, 1.82) is 0 Å². The Hall–Kier alpha value is -2.00. The Bertz CT molecular complexity index is 742. The zero-order chi connectivity index (χ0) is 19.0. The van der Waals surface area contributed by atoms with E-state index in [1.807, 2.05) is 0 Å². The summed E-state index contributed by atoms with van der Waals surface area (Å²) in [5.41, 5.74) is -1.32. The number of alkyl halides is 3. The minimum atomic E-state index is -4.60. The largest absolute Gasteiger partial charge is 0.405 e. The van der Waals surface area contributed by atoms with Crippen LogP contribution in [0.2, 0.25) is 10.0 Å². The fourth-order valence-corrected chi connectivity index (χ4v) is 2.91. The monoisotopic (exact) mass is 397 g/mol. The third-order valence-electron chi connectivity index (χ3n) is 3.53. The van der Waals surface area contributed by atoms with Gasteiger partial charge in [0.2, 0.25) is 5.91 Å². The summed E-state index contributed by atoms with van der Waals surface area (Å²) in [5, 5.41) is 4.42. The maximum atomic E-state index is 12.6. The predicted molar refractivity (Wildman–Crippen MR) is 83.1 cm³/mol. The van der Waals surface area contributed by atoms with Gasteiger partial charge in [-0.05, 0) is 19.1 Å². The number of halogens is 5. The SMILES string of the molecule is C[C@@]1(c2ccc(Cl)cc2Cl)NC(=O)N(CC(=O)NCC(F)(F)F)C1=O. The summed E-state index contributed by atoms with van der Waals surface area (Å²) < 4.78 is 36.3. The van der Waals surface area contributed by atoms with Crippen molar-refractivity contribution in [1.82, 2.24) is 15.5 Å². The van der Waals surface area contributed by atoms with Gasteiger partial charge in [-0.3, -0.25) is 14.5 Å². The van der Waals surface area contributed by atoms with E-state index in [4.69, 9.17) is 23.2 Å². The van der Waals surface area contributed by atoms with Gasteiger partial charge in [-0.2, -0.15) is 13.2 Å². The Kier molecular flexibility index (Phi) is 5.19. The first-order chi connectivity index (χ1) is 11.4. The first kappa shape index (κ1) is 19.3. The van der Waals surface area contributed by atoms with Crippen LogP contribution >= 0.6 is 23.2 Å². The lowest BCUT2D eigenvalue weighted by Gasteiger charge is -2.23. The number of benzene rings is 1. The lowest BCUT2D eigenvalue weighted by molar-refractivity contribution is -0.141. The number of imide groups is 1. The van der Waals surface area contributed by atoms with Gasteiger partial charge >= 0.3 is 12.2 Å². The lowest BCUT2D eigenvalue weighted by Crippen LogP contribution is -2.44. The van der Waals surface area contributed by atoms with Crippen molar-refractivity contribution in [3.05, 3.63) is 33.8 Å². The van der Waals surface area contributed by atoms with E-state index in [2.05, 4.69) is 5.32 Å². The Morgan fingerprint density at radius 3 is 2.52 bits per heavy atom. The molecular formula is C14H12Cl2F3N3O3. The van der Waals surface area contributed by atoms with Gasteiger partial charge in [0, 0.05) is 15.6 Å². The lowest BCUT2D eigenvalue weighted by atomic mass is 9.92. The Labute approximate surface area is 150 Å². The molecule has 0 saturated carbocycles. The molecule has 1 fully saturated rings. The Morgan fingerprint density at radius 2 is 1.96 bits per heavy atom. The molecule has 11 heteroatoms. The molecule has 136 valence electrons. The fraction of sp³-hybridized carbons (Fsp3) is 0.357. The maximum Gasteiger partial charge on any atom is 0.405 e. The minimum Gasteiger partial charge on any atom is -0.345 e. The summed E-state index contributed by atoms with van der Waals surface area (Å²) in [6.07, 6.45) is -4.60. The molecule has 0 bridgehead atoms. The molecule has 2 rings (SSSR count). The van der Waals surface area contributed by atoms with E-state index in [1.54, 1.807) is 5.32 Å². The normalized spacial score (nSPS) is 20.6. The van der Waals surface area contributed by atoms with Crippen LogP contribution in [-0.2, 0) is 15.1 Å². The second-order valence-electron chi connectivity index (χ2n) is 5.46. The zero-order valence-corrected chi connectivity index (χ0v) is 14.2. The van der Waals surface area contributed by atoms with Crippen molar-refractivity contribution in [2.45, 2.75) is 18.6 Å². The van der Waals surface area contributed by atoms with Crippen LogP contribution in [0, 0.1) is 0 Å². The molecule has 1 atom stereocenters. The van der Waals surface area contributed by atoms with E-state index in [-0.39, 0.29) is 10.6 Å². The van der Waals surface area contributed by atoms with Crippen LogP contribution in [0.1, 0.15) is 12.5 Å². The topological polar surface area (TPSA) is 78.5 Å². The van der Waals surface area contributed by atoms with Crippen molar-refractivity contribution in [3.8, 4) is 0 Å². The molecular weight excluding hydrogens is 386 g/mol. The summed E-state index contributed by atoms with van der Waals surface area (Å²) in [6, 6.07) is 3.37. The highest BCUT2D eigenvalue weighted by molar-refractivity contribution is 6.35. The number of nitrogens with one attached hydrogen (secondary N) is 2. The molecule has 4 amide bonds. The minimum absolute atomic E-state index is 0.118. The molecule has 1 heterocycles. The van der Waals surface area contributed by atoms with Crippen LogP contribution in [0.25, 0.3) is 0 Å². The second-order valence-corrected chi connectivity index (χ2v) is 6.31. The number of amides is 4. The average molecular weight is 398 g/mol. The van der Waals surface area contributed by atoms with Crippen LogP contribution < -0.4 is 10.6 Å². The third kappa shape index (κ3) is 4.16. The first-order valence-corrected chi connectivity index (χ1v) is 7.63. The molecule has 0 aliphatic carbocycles. The highest BCUT2D eigenvalue weighted by atomic mass is 35.5. The molecule has 6 nitrogen and oxygen atoms in total. The predicted octanol–water partition coefficient (Wildman–Crippen LogP) is 2.44. The van der Waals surface area contributed by atoms with Crippen molar-refractivity contribution in [3.63, 3.8) is 0 Å². The molecule has 0 aromatic heterocycles. The average Bonchev–Trinajstić information content (AvgIpc) is 2.68. The standard InChI is InChI=1S/C14H12Cl2F3N3O3/c1-13(8-3-2-7(15)4-9(8)16)11(24)22(12(25)21-13)5-10(23)20-6-14(17,18)19/h2-4H,5-6H2,1H3,(H,20,23)(H,21,25)/t13-/m0/s1. The van der Waals surface area contributed by atoms with E-state index in [0.717, 1.165) is 0 Å². The Morgan fingerprint density at radius 1 is 1.32 bits per heavy atom. The van der Waals surface area contributed by atoms with Gasteiger partial charge < -0.3 is 10.6 Å². The highest BCUT2D eigenvalue weighted by Gasteiger charge is 2.50. The molecule has 2 N–H and O–H groups in total. The number of hydrogen-bond acceptors (Lipinski definition) is 3. The number of carbonyl (C=O) groups is 3. The third-order valence-corrected chi connectivity index (χ3v) is 4.08. The number of carbonyl (C=O) groups excluding carboxylic acids is 3. The van der Waals surface area contributed by atoms with Crippen LogP contribution in [0.15, 0.2) is 18.2 Å². The molecule has 25 heavy (non-hydrogen) atoms. The summed E-state index contributed by atoms with van der Waals surface area (Å²) in [5.74, 6) is -1.93. The second kappa shape index (κ2) is 6.72. The summed E-state index contributed by atoms with van der Waals surface area (Å²) in [7, 11) is 0. The van der Waals surface area contributed by atoms with Gasteiger partial charge in [-0.1, -0.05) is 29.3 Å². The van der Waals surface area contributed by atoms with Crippen LogP contribution in [-0.4, -0.2) is 42.0 Å². The van der Waals surface area contributed by atoms with Crippen LogP contribution in [0.4, 0.5) is 18.0 Å². The van der Waals surface area contributed by atoms with Crippen LogP contribution in [0.3, 0.4) is 0 Å². The van der Waals surface area contributed by atoms with Crippen molar-refractivity contribution in [2.75, 3.05) is 13.1 Å². The van der Waals surface area contributed by atoms with Gasteiger partial charge in [0.15, 0.2) is 0 Å². The van der Waals surface area contributed by atoms with Gasteiger partial charge in [-0.25, -0.2) is 4.79 Å². The first-order valence-electron chi connectivity index (χ1n) is 6.87. The van der Waals surface area contributed by atoms with Crippen molar-refractivity contribution < 1.29 is 27.6 Å². The van der Waals surface area contributed by atoms with Crippen molar-refractivity contribution >= 4 is 41.0 Å². The zero-order valence-electron chi connectivity index (χ0n) is 12.7. The van der Waals surface area contributed by atoms with Gasteiger partial charge in [0.25, 0.3) is 5.91 Å². The number of hydrogen-bond donors (Lipinski definition) is 2. The Balaban J connectivity index is 2.17. The van der Waals surface area contributed by atoms with E-state index >= 15 is 0 Å². The van der Waals surface area contributed by atoms with Crippen LogP contribution in [0.5, 0.6) is 0 Å². The van der Waals surface area contributed by atoms with Gasteiger partial charge in [0.05, 0.1) is 0 Å². The molecule has 0 radical (unpaired) electrons. The highest BCUT2D eigenvalue weighted by Crippen LogP contribution is 2.34. The van der Waals surface area contributed by atoms with E-state index < -0.39 is 42.7 Å². The number of urea groups is 1. The molecule has 1 aromatic rings. The number of nitrogens with zero attached hydrogens (tertiary/aromatic N) is 1. The summed E-state index contributed by atoms with van der Waals surface area (Å²) in [4.78, 5) is 36.7. The molecule has 1 aromatic carbocycles. The summed E-state index contributed by atoms with van der Waals surface area (Å²) in [6.45, 7) is -1.03. The molecule has 1 saturated heterocycles. The molecule has 0 spiro atoms. The smallest absolute Gasteiger partial charge is 0.345 e. The quantitative estimate of drug-likeness (QED) is 0.765. The molecule has 1 aliphatic rings.